The molecule has 0 saturated carbocycles. The summed E-state index contributed by atoms with van der Waals surface area (Å²) in [5.74, 6) is 0.767. The molecule has 3 aromatic carbocycles. The Hall–Kier alpha value is -4.06. The molecular weight excluding hydrogens is 416 g/mol. The summed E-state index contributed by atoms with van der Waals surface area (Å²) >= 11 is 0. The Bertz CT molecular complexity index is 1390. The number of H-pyrrole nitrogens is 1. The number of aromatic nitrogens is 1. The minimum Gasteiger partial charge on any atom is -0.493 e. The first kappa shape index (κ1) is 22.1. The number of nitrogens with one attached hydrogen (secondary N) is 1. The van der Waals surface area contributed by atoms with Crippen molar-refractivity contribution in [3.63, 3.8) is 0 Å². The first-order chi connectivity index (χ1) is 15.9. The molecule has 0 aliphatic rings. The lowest BCUT2D eigenvalue weighted by atomic mass is 10.0. The van der Waals surface area contributed by atoms with Gasteiger partial charge < -0.3 is 19.4 Å². The third-order valence-electron chi connectivity index (χ3n) is 5.90. The molecule has 0 fully saturated rings. The lowest BCUT2D eigenvalue weighted by molar-refractivity contribution is 0.0984. The highest BCUT2D eigenvalue weighted by Gasteiger charge is 2.23. The van der Waals surface area contributed by atoms with Crippen molar-refractivity contribution in [1.82, 2.24) is 4.98 Å². The van der Waals surface area contributed by atoms with Gasteiger partial charge in [-0.2, -0.15) is 0 Å². The van der Waals surface area contributed by atoms with Gasteiger partial charge in [-0.25, -0.2) is 0 Å². The highest BCUT2D eigenvalue weighted by molar-refractivity contribution is 6.07. The van der Waals surface area contributed by atoms with Crippen molar-refractivity contribution in [2.24, 2.45) is 0 Å². The summed E-state index contributed by atoms with van der Waals surface area (Å²) in [4.78, 5) is 31.2. The number of carbonyl (C=O) groups is 1. The number of benzene rings is 3. The first-order valence-corrected chi connectivity index (χ1v) is 10.6. The summed E-state index contributed by atoms with van der Waals surface area (Å²) in [5.41, 5.74) is 4.27. The predicted molar refractivity (Wildman–Crippen MR) is 131 cm³/mol. The van der Waals surface area contributed by atoms with Crippen LogP contribution in [-0.2, 0) is 6.54 Å². The number of hydrogen-bond acceptors (Lipinski definition) is 4. The number of methoxy groups -OCH3 is 2. The van der Waals surface area contributed by atoms with Gasteiger partial charge in [0, 0.05) is 22.3 Å². The zero-order valence-electron chi connectivity index (χ0n) is 19.1. The Kier molecular flexibility index (Phi) is 6.18. The molecule has 0 aliphatic carbocycles. The molecule has 4 rings (SSSR count). The van der Waals surface area contributed by atoms with Gasteiger partial charge in [0.2, 0.25) is 0 Å². The van der Waals surface area contributed by atoms with Crippen LogP contribution in [-0.4, -0.2) is 25.1 Å². The average Bonchev–Trinajstić information content (AvgIpc) is 2.83. The maximum atomic E-state index is 13.8. The van der Waals surface area contributed by atoms with Gasteiger partial charge in [-0.3, -0.25) is 9.59 Å². The second kappa shape index (κ2) is 9.20. The summed E-state index contributed by atoms with van der Waals surface area (Å²) in [5, 5.41) is 0.909. The van der Waals surface area contributed by atoms with E-state index in [0.717, 1.165) is 27.7 Å². The zero-order chi connectivity index (χ0) is 23.5. The van der Waals surface area contributed by atoms with Crippen LogP contribution in [0.25, 0.3) is 10.9 Å². The first-order valence-electron chi connectivity index (χ1n) is 10.6. The minimum atomic E-state index is -0.239. The SMILES string of the molecule is COc1ccc(C(=O)N(Cc2cc3ccccc3[nH]c2=O)c2cccc(C)c2C)cc1OC. The van der Waals surface area contributed by atoms with E-state index in [4.69, 9.17) is 9.47 Å². The van der Waals surface area contributed by atoms with E-state index in [1.165, 1.54) is 7.11 Å². The van der Waals surface area contributed by atoms with Crippen LogP contribution in [0.4, 0.5) is 5.69 Å². The zero-order valence-corrected chi connectivity index (χ0v) is 19.1. The van der Waals surface area contributed by atoms with Crippen molar-refractivity contribution >= 4 is 22.5 Å². The summed E-state index contributed by atoms with van der Waals surface area (Å²) < 4.78 is 10.7. The Balaban J connectivity index is 1.83. The van der Waals surface area contributed by atoms with E-state index in [-0.39, 0.29) is 18.0 Å². The molecule has 1 N–H and O–H groups in total. The minimum absolute atomic E-state index is 0.123. The molecule has 1 aromatic heterocycles. The van der Waals surface area contributed by atoms with Gasteiger partial charge >= 0.3 is 0 Å². The fraction of sp³-hybridized carbons (Fsp3) is 0.185. The maximum absolute atomic E-state index is 13.8. The van der Waals surface area contributed by atoms with Crippen molar-refractivity contribution in [2.45, 2.75) is 20.4 Å². The largest absolute Gasteiger partial charge is 0.493 e. The molecule has 0 radical (unpaired) electrons. The van der Waals surface area contributed by atoms with Crippen LogP contribution >= 0.6 is 0 Å². The van der Waals surface area contributed by atoms with E-state index in [9.17, 15) is 9.59 Å². The normalized spacial score (nSPS) is 10.8. The van der Waals surface area contributed by atoms with E-state index in [0.29, 0.717) is 22.6 Å². The topological polar surface area (TPSA) is 71.6 Å². The van der Waals surface area contributed by atoms with Crippen LogP contribution in [0, 0.1) is 13.8 Å². The number of fused-ring (bicyclic) bond motifs is 1. The number of anilines is 1. The van der Waals surface area contributed by atoms with Crippen LogP contribution < -0.4 is 19.9 Å². The number of aromatic amines is 1. The molecule has 0 bridgehead atoms. The van der Waals surface area contributed by atoms with Crippen LogP contribution in [0.15, 0.2) is 71.5 Å². The third kappa shape index (κ3) is 4.32. The van der Waals surface area contributed by atoms with Gasteiger partial charge in [0.25, 0.3) is 11.5 Å². The van der Waals surface area contributed by atoms with E-state index in [2.05, 4.69) is 4.98 Å². The van der Waals surface area contributed by atoms with Crippen molar-refractivity contribution < 1.29 is 14.3 Å². The van der Waals surface area contributed by atoms with Crippen LogP contribution in [0.1, 0.15) is 27.0 Å². The Morgan fingerprint density at radius 3 is 2.42 bits per heavy atom. The number of amides is 1. The van der Waals surface area contributed by atoms with Crippen molar-refractivity contribution in [1.29, 1.82) is 0 Å². The fourth-order valence-corrected chi connectivity index (χ4v) is 3.90. The molecular formula is C27H26N2O4. The Labute approximate surface area is 192 Å². The lowest BCUT2D eigenvalue weighted by Crippen LogP contribution is -2.33. The summed E-state index contributed by atoms with van der Waals surface area (Å²) in [7, 11) is 3.08. The predicted octanol–water partition coefficient (Wildman–Crippen LogP) is 5.01. The van der Waals surface area contributed by atoms with Gasteiger partial charge in [0.1, 0.15) is 0 Å². The van der Waals surface area contributed by atoms with E-state index < -0.39 is 0 Å². The molecule has 4 aromatic rings. The van der Waals surface area contributed by atoms with Gasteiger partial charge in [-0.1, -0.05) is 30.3 Å². The number of hydrogen-bond donors (Lipinski definition) is 1. The second-order valence-corrected chi connectivity index (χ2v) is 7.89. The molecule has 1 heterocycles. The Morgan fingerprint density at radius 1 is 0.909 bits per heavy atom. The number of carbonyl (C=O) groups excluding carboxylic acids is 1. The lowest BCUT2D eigenvalue weighted by Gasteiger charge is -2.26. The van der Waals surface area contributed by atoms with Gasteiger partial charge in [-0.15, -0.1) is 0 Å². The van der Waals surface area contributed by atoms with Gasteiger partial charge in [0.15, 0.2) is 11.5 Å². The van der Waals surface area contributed by atoms with E-state index >= 15 is 0 Å². The second-order valence-electron chi connectivity index (χ2n) is 7.89. The van der Waals surface area contributed by atoms with E-state index in [1.807, 2.05) is 62.4 Å². The smallest absolute Gasteiger partial charge is 0.258 e. The number of aryl methyl sites for hydroxylation is 1. The molecule has 0 unspecified atom stereocenters. The molecule has 33 heavy (non-hydrogen) atoms. The molecule has 168 valence electrons. The number of nitrogens with zero attached hydrogens (tertiary/aromatic N) is 1. The molecule has 0 aliphatic heterocycles. The van der Waals surface area contributed by atoms with Gasteiger partial charge in [0.05, 0.1) is 20.8 Å². The Morgan fingerprint density at radius 2 is 1.67 bits per heavy atom. The van der Waals surface area contributed by atoms with Crippen molar-refractivity contribution in [2.75, 3.05) is 19.1 Å². The summed E-state index contributed by atoms with van der Waals surface area (Å²) in [6.07, 6.45) is 0. The number of ether oxygens (including phenoxy) is 2. The van der Waals surface area contributed by atoms with Crippen LogP contribution in [0.3, 0.4) is 0 Å². The molecule has 6 nitrogen and oxygen atoms in total. The highest BCUT2D eigenvalue weighted by Crippen LogP contribution is 2.31. The number of pyridine rings is 1. The van der Waals surface area contributed by atoms with Crippen LogP contribution in [0.2, 0.25) is 0 Å². The number of rotatable bonds is 6. The van der Waals surface area contributed by atoms with E-state index in [1.54, 1.807) is 30.2 Å². The monoisotopic (exact) mass is 442 g/mol. The molecule has 0 atom stereocenters. The fourth-order valence-electron chi connectivity index (χ4n) is 3.90. The van der Waals surface area contributed by atoms with Gasteiger partial charge in [-0.05, 0) is 66.8 Å². The van der Waals surface area contributed by atoms with Crippen LogP contribution in [0.5, 0.6) is 11.5 Å². The molecule has 0 spiro atoms. The maximum Gasteiger partial charge on any atom is 0.258 e. The third-order valence-corrected chi connectivity index (χ3v) is 5.90. The standard InChI is InChI=1S/C27H26N2O4/c1-17-8-7-11-23(18(17)2)29(27(31)20-12-13-24(32-3)25(15-20)33-4)16-21-14-19-9-5-6-10-22(19)28-26(21)30/h5-15H,16H2,1-4H3,(H,28,30). The summed E-state index contributed by atoms with van der Waals surface area (Å²) in [6.45, 7) is 4.10. The average molecular weight is 443 g/mol. The number of para-hydroxylation sites is 1. The van der Waals surface area contributed by atoms with Crippen molar-refractivity contribution in [3.8, 4) is 11.5 Å². The molecule has 0 saturated heterocycles. The highest BCUT2D eigenvalue weighted by atomic mass is 16.5. The quantitative estimate of drug-likeness (QED) is 0.456. The molecule has 1 amide bonds. The van der Waals surface area contributed by atoms with Crippen molar-refractivity contribution in [3.05, 3.63) is 99.3 Å². The molecule has 6 heteroatoms. The summed E-state index contributed by atoms with van der Waals surface area (Å²) in [6, 6.07) is 20.3.